The number of nitrogens with zero attached hydrogens (tertiary/aromatic N) is 3. The Labute approximate surface area is 127 Å². The number of benzene rings is 1. The monoisotopic (exact) mass is 312 g/mol. The molecular weight excluding hydrogens is 295 g/mol. The van der Waals surface area contributed by atoms with Crippen LogP contribution >= 0.6 is 11.8 Å². The number of rotatable bonds is 1. The number of urea groups is 2. The van der Waals surface area contributed by atoms with Crippen LogP contribution in [0.2, 0.25) is 0 Å². The van der Waals surface area contributed by atoms with Crippen molar-refractivity contribution >= 4 is 34.7 Å². The average Bonchev–Trinajstić information content (AvgIpc) is 2.45. The smallest absolute Gasteiger partial charge is 0.329 e. The fourth-order valence-corrected chi connectivity index (χ4v) is 1.81. The van der Waals surface area contributed by atoms with Gasteiger partial charge in [-0.1, -0.05) is 23.9 Å². The normalized spacial score (nSPS) is 11.0. The zero-order chi connectivity index (χ0) is 16.0. The van der Waals surface area contributed by atoms with Crippen molar-refractivity contribution in [1.29, 1.82) is 0 Å². The van der Waals surface area contributed by atoms with Crippen molar-refractivity contribution in [3.63, 3.8) is 0 Å². The predicted molar refractivity (Wildman–Crippen MR) is 83.2 cm³/mol. The van der Waals surface area contributed by atoms with Gasteiger partial charge in [0.25, 0.3) is 0 Å². The van der Waals surface area contributed by atoms with Gasteiger partial charge in [0.15, 0.2) is 5.17 Å². The number of para-hydroxylation sites is 1. The van der Waals surface area contributed by atoms with Crippen LogP contribution in [0.5, 0.6) is 0 Å². The molecule has 0 atom stereocenters. The first-order chi connectivity index (χ1) is 9.86. The number of halogens is 1. The Kier molecular flexibility index (Phi) is 6.16. The molecule has 21 heavy (non-hydrogen) atoms. The number of amidine groups is 1. The maximum absolute atomic E-state index is 13.5. The van der Waals surface area contributed by atoms with Gasteiger partial charge in [-0.15, -0.1) is 0 Å². The fraction of sp³-hybridized carbons (Fsp3) is 0.308. The number of carbonyl (C=O) groups is 2. The zero-order valence-corrected chi connectivity index (χ0v) is 13.1. The van der Waals surface area contributed by atoms with Crippen LogP contribution < -0.4 is 5.32 Å². The van der Waals surface area contributed by atoms with Crippen molar-refractivity contribution in [2.45, 2.75) is 0 Å². The highest BCUT2D eigenvalue weighted by Gasteiger charge is 2.17. The fourth-order valence-electron chi connectivity index (χ4n) is 1.29. The van der Waals surface area contributed by atoms with Crippen LogP contribution in [0.1, 0.15) is 0 Å². The van der Waals surface area contributed by atoms with Gasteiger partial charge in [-0.05, 0) is 18.4 Å². The number of amides is 4. The van der Waals surface area contributed by atoms with Crippen LogP contribution in [0, 0.1) is 5.82 Å². The summed E-state index contributed by atoms with van der Waals surface area (Å²) in [7, 11) is 4.57. The van der Waals surface area contributed by atoms with Crippen LogP contribution in [-0.2, 0) is 0 Å². The first kappa shape index (κ1) is 17.0. The van der Waals surface area contributed by atoms with Crippen molar-refractivity contribution in [1.82, 2.24) is 9.80 Å². The minimum atomic E-state index is -0.584. The Hall–Kier alpha value is -2.09. The van der Waals surface area contributed by atoms with E-state index in [0.717, 1.165) is 16.7 Å². The Bertz CT molecular complexity index is 563. The van der Waals surface area contributed by atoms with Crippen LogP contribution in [0.4, 0.5) is 19.7 Å². The molecule has 0 heterocycles. The van der Waals surface area contributed by atoms with E-state index in [-0.39, 0.29) is 10.9 Å². The molecule has 1 rings (SSSR count). The van der Waals surface area contributed by atoms with Gasteiger partial charge in [-0.3, -0.25) is 4.90 Å². The van der Waals surface area contributed by atoms with Gasteiger partial charge < -0.3 is 10.2 Å². The number of carbonyl (C=O) groups excluding carboxylic acids is 2. The van der Waals surface area contributed by atoms with Gasteiger partial charge in [0.05, 0.1) is 5.69 Å². The summed E-state index contributed by atoms with van der Waals surface area (Å²) in [6.07, 6.45) is 1.69. The summed E-state index contributed by atoms with van der Waals surface area (Å²) >= 11 is 1.14. The molecule has 0 aliphatic heterocycles. The molecule has 0 aliphatic rings. The topological polar surface area (TPSA) is 65.0 Å². The second-order valence-corrected chi connectivity index (χ2v) is 5.02. The molecule has 4 amide bonds. The molecule has 0 spiro atoms. The molecule has 0 unspecified atom stereocenters. The molecule has 0 saturated carbocycles. The predicted octanol–water partition coefficient (Wildman–Crippen LogP) is 2.69. The lowest BCUT2D eigenvalue weighted by molar-refractivity contribution is 0.227. The van der Waals surface area contributed by atoms with Crippen molar-refractivity contribution in [2.24, 2.45) is 4.99 Å². The minimum absolute atomic E-state index is 0.0636. The summed E-state index contributed by atoms with van der Waals surface area (Å²) in [5.41, 5.74) is 0.0636. The average molecular weight is 312 g/mol. The standard InChI is InChI=1S/C13H17FN4O2S/c1-17(2)11(19)16-13(21-4)18(3)12(20)15-10-8-6-5-7-9(10)14/h5-8H,1-4H3,(H,15,20). The van der Waals surface area contributed by atoms with Crippen LogP contribution in [0.15, 0.2) is 29.3 Å². The molecule has 6 nitrogen and oxygen atoms in total. The lowest BCUT2D eigenvalue weighted by Gasteiger charge is -2.19. The Balaban J connectivity index is 2.86. The van der Waals surface area contributed by atoms with Crippen LogP contribution in [0.25, 0.3) is 0 Å². The zero-order valence-electron chi connectivity index (χ0n) is 12.3. The molecule has 0 fully saturated rings. The summed E-state index contributed by atoms with van der Waals surface area (Å²) in [6.45, 7) is 0. The van der Waals surface area contributed by atoms with Gasteiger partial charge in [0.1, 0.15) is 5.82 Å². The van der Waals surface area contributed by atoms with Gasteiger partial charge in [0, 0.05) is 21.1 Å². The van der Waals surface area contributed by atoms with Crippen molar-refractivity contribution in [2.75, 3.05) is 32.7 Å². The quantitative estimate of drug-likeness (QED) is 0.640. The summed E-state index contributed by atoms with van der Waals surface area (Å²) in [5, 5.41) is 2.63. The Morgan fingerprint density at radius 2 is 1.86 bits per heavy atom. The molecule has 0 aliphatic carbocycles. The largest absolute Gasteiger partial charge is 0.345 e. The van der Waals surface area contributed by atoms with Gasteiger partial charge in [-0.2, -0.15) is 4.99 Å². The lowest BCUT2D eigenvalue weighted by Crippen LogP contribution is -2.36. The summed E-state index contributed by atoms with van der Waals surface area (Å²) in [4.78, 5) is 29.9. The highest BCUT2D eigenvalue weighted by molar-refractivity contribution is 8.13. The lowest BCUT2D eigenvalue weighted by atomic mass is 10.3. The third-order valence-electron chi connectivity index (χ3n) is 2.46. The highest BCUT2D eigenvalue weighted by Crippen LogP contribution is 2.14. The number of nitrogens with one attached hydrogen (secondary N) is 1. The van der Waals surface area contributed by atoms with E-state index >= 15 is 0 Å². The third-order valence-corrected chi connectivity index (χ3v) is 3.19. The second kappa shape index (κ2) is 7.63. The number of hydrogen-bond acceptors (Lipinski definition) is 3. The van der Waals surface area contributed by atoms with Crippen LogP contribution in [0.3, 0.4) is 0 Å². The maximum atomic E-state index is 13.5. The van der Waals surface area contributed by atoms with Crippen LogP contribution in [-0.4, -0.2) is 54.4 Å². The summed E-state index contributed by atoms with van der Waals surface area (Å²) < 4.78 is 13.5. The van der Waals surface area contributed by atoms with E-state index in [1.807, 2.05) is 0 Å². The highest BCUT2D eigenvalue weighted by atomic mass is 32.2. The van der Waals surface area contributed by atoms with E-state index in [1.165, 1.54) is 30.1 Å². The molecule has 8 heteroatoms. The summed E-state index contributed by atoms with van der Waals surface area (Å²) in [6, 6.07) is 4.76. The first-order valence-corrected chi connectivity index (χ1v) is 7.22. The number of anilines is 1. The van der Waals surface area contributed by atoms with E-state index in [0.29, 0.717) is 0 Å². The number of aliphatic imine (C=N–C) groups is 1. The second-order valence-electron chi connectivity index (χ2n) is 4.24. The van der Waals surface area contributed by atoms with Gasteiger partial charge in [0.2, 0.25) is 0 Å². The molecule has 0 saturated heterocycles. The van der Waals surface area contributed by atoms with Crippen molar-refractivity contribution in [3.8, 4) is 0 Å². The van der Waals surface area contributed by atoms with Gasteiger partial charge >= 0.3 is 12.1 Å². The minimum Gasteiger partial charge on any atom is -0.329 e. The molecule has 1 N–H and O–H groups in total. The molecule has 1 aromatic rings. The summed E-state index contributed by atoms with van der Waals surface area (Å²) in [5.74, 6) is -0.536. The van der Waals surface area contributed by atoms with Crippen molar-refractivity contribution < 1.29 is 14.0 Å². The third kappa shape index (κ3) is 4.75. The SMILES string of the molecule is CSC(=NC(=O)N(C)C)N(C)C(=O)Nc1ccccc1F. The molecule has 0 radical (unpaired) electrons. The Morgan fingerprint density at radius 3 is 2.38 bits per heavy atom. The maximum Gasteiger partial charge on any atom is 0.345 e. The van der Waals surface area contributed by atoms with E-state index in [1.54, 1.807) is 26.4 Å². The molecule has 0 bridgehead atoms. The molecule has 0 aromatic heterocycles. The van der Waals surface area contributed by atoms with Gasteiger partial charge in [-0.25, -0.2) is 14.0 Å². The number of thioether (sulfide) groups is 1. The van der Waals surface area contributed by atoms with E-state index in [9.17, 15) is 14.0 Å². The first-order valence-electron chi connectivity index (χ1n) is 6.00. The molecular formula is C13H17FN4O2S. The molecule has 114 valence electrons. The van der Waals surface area contributed by atoms with E-state index in [2.05, 4.69) is 10.3 Å². The van der Waals surface area contributed by atoms with E-state index in [4.69, 9.17) is 0 Å². The van der Waals surface area contributed by atoms with E-state index < -0.39 is 17.9 Å². The van der Waals surface area contributed by atoms with Crippen molar-refractivity contribution in [3.05, 3.63) is 30.1 Å². The number of hydrogen-bond donors (Lipinski definition) is 1. The Morgan fingerprint density at radius 1 is 1.24 bits per heavy atom. The molecule has 1 aromatic carbocycles.